The van der Waals surface area contributed by atoms with E-state index in [4.69, 9.17) is 9.66 Å². The van der Waals surface area contributed by atoms with Crippen LogP contribution in [0.15, 0.2) is 29.2 Å². The van der Waals surface area contributed by atoms with Gasteiger partial charge in [-0.15, -0.1) is 0 Å². The molecular formula is C8H13NO5S. The third kappa shape index (κ3) is 5.45. The smallest absolute Gasteiger partial charge is 0.294 e. The summed E-state index contributed by atoms with van der Waals surface area (Å²) in [5.41, 5.74) is 0.599. The van der Waals surface area contributed by atoms with Crippen LogP contribution in [-0.4, -0.2) is 25.2 Å². The van der Waals surface area contributed by atoms with Gasteiger partial charge in [-0.2, -0.15) is 8.42 Å². The average molecular weight is 235 g/mol. The van der Waals surface area contributed by atoms with Crippen molar-refractivity contribution in [2.24, 2.45) is 5.90 Å². The van der Waals surface area contributed by atoms with Gasteiger partial charge in [0.05, 0.1) is 18.6 Å². The van der Waals surface area contributed by atoms with Crippen molar-refractivity contribution in [1.29, 1.82) is 0 Å². The van der Waals surface area contributed by atoms with E-state index in [9.17, 15) is 8.42 Å². The van der Waals surface area contributed by atoms with E-state index in [1.165, 1.54) is 31.4 Å². The first-order chi connectivity index (χ1) is 6.95. The van der Waals surface area contributed by atoms with E-state index < -0.39 is 10.1 Å². The van der Waals surface area contributed by atoms with Gasteiger partial charge < -0.3 is 9.94 Å². The zero-order valence-corrected chi connectivity index (χ0v) is 8.94. The maximum absolute atomic E-state index is 10.5. The zero-order valence-electron chi connectivity index (χ0n) is 8.12. The van der Waals surface area contributed by atoms with Gasteiger partial charge in [0.25, 0.3) is 10.1 Å². The molecule has 0 aromatic heterocycles. The van der Waals surface area contributed by atoms with Crippen molar-refractivity contribution in [2.75, 3.05) is 7.11 Å². The van der Waals surface area contributed by atoms with Crippen LogP contribution in [0.2, 0.25) is 0 Å². The van der Waals surface area contributed by atoms with Gasteiger partial charge in [0.1, 0.15) is 0 Å². The number of benzene rings is 1. The maximum atomic E-state index is 10.5. The monoisotopic (exact) mass is 235 g/mol. The molecule has 0 amide bonds. The summed E-state index contributed by atoms with van der Waals surface area (Å²) in [7, 11) is -2.71. The van der Waals surface area contributed by atoms with Crippen LogP contribution in [0.3, 0.4) is 0 Å². The van der Waals surface area contributed by atoms with Crippen molar-refractivity contribution in [1.82, 2.24) is 0 Å². The van der Waals surface area contributed by atoms with Gasteiger partial charge in [0.15, 0.2) is 0 Å². The second kappa shape index (κ2) is 6.49. The lowest BCUT2D eigenvalue weighted by Crippen LogP contribution is -1.97. The molecule has 0 atom stereocenters. The van der Waals surface area contributed by atoms with Gasteiger partial charge >= 0.3 is 0 Å². The zero-order chi connectivity index (χ0) is 11.9. The molecule has 1 aromatic rings. The molecule has 0 spiro atoms. The van der Waals surface area contributed by atoms with Crippen LogP contribution < -0.4 is 5.90 Å². The van der Waals surface area contributed by atoms with Crippen molar-refractivity contribution in [3.05, 3.63) is 29.8 Å². The van der Waals surface area contributed by atoms with E-state index in [0.29, 0.717) is 5.56 Å². The number of hydrogen-bond acceptors (Lipinski definition) is 5. The van der Waals surface area contributed by atoms with Gasteiger partial charge in [-0.05, 0) is 17.7 Å². The van der Waals surface area contributed by atoms with Gasteiger partial charge in [-0.25, -0.2) is 5.90 Å². The van der Waals surface area contributed by atoms with Crippen molar-refractivity contribution in [2.45, 2.75) is 11.5 Å². The molecule has 0 bridgehead atoms. The van der Waals surface area contributed by atoms with Crippen LogP contribution >= 0.6 is 0 Å². The summed E-state index contributed by atoms with van der Waals surface area (Å²) < 4.78 is 29.6. The number of nitrogens with two attached hydrogens (primary N) is 1. The van der Waals surface area contributed by atoms with Crippen molar-refractivity contribution in [3.63, 3.8) is 0 Å². The Morgan fingerprint density at radius 1 is 1.33 bits per heavy atom. The summed E-state index contributed by atoms with van der Waals surface area (Å²) >= 11 is 0. The van der Waals surface area contributed by atoms with Gasteiger partial charge in [0, 0.05) is 0 Å². The minimum atomic E-state index is -4.11. The Bertz CT molecular complexity index is 373. The van der Waals surface area contributed by atoms with Crippen LogP contribution in [0.1, 0.15) is 5.56 Å². The molecule has 0 aliphatic heterocycles. The molecule has 6 nitrogen and oxygen atoms in total. The highest BCUT2D eigenvalue weighted by molar-refractivity contribution is 7.85. The van der Waals surface area contributed by atoms with E-state index in [-0.39, 0.29) is 11.5 Å². The Kier molecular flexibility index (Phi) is 6.06. The Hall–Kier alpha value is -0.990. The number of aliphatic hydroxyl groups excluding tert-OH is 1. The first-order valence-corrected chi connectivity index (χ1v) is 5.30. The van der Waals surface area contributed by atoms with E-state index in [2.05, 4.69) is 10.7 Å². The highest BCUT2D eigenvalue weighted by Crippen LogP contribution is 2.09. The van der Waals surface area contributed by atoms with Gasteiger partial charge in [0.2, 0.25) is 0 Å². The maximum Gasteiger partial charge on any atom is 0.294 e. The summed E-state index contributed by atoms with van der Waals surface area (Å²) in [6, 6.07) is 5.34. The molecule has 7 heteroatoms. The largest absolute Gasteiger partial charge is 0.392 e. The van der Waals surface area contributed by atoms with Crippen molar-refractivity contribution in [3.8, 4) is 0 Å². The first-order valence-electron chi connectivity index (χ1n) is 3.86. The highest BCUT2D eigenvalue weighted by atomic mass is 32.2. The summed E-state index contributed by atoms with van der Waals surface area (Å²) in [5, 5.41) is 8.62. The Balaban J connectivity index is 0.000000583. The molecule has 86 valence electrons. The Morgan fingerprint density at radius 3 is 2.00 bits per heavy atom. The fourth-order valence-electron chi connectivity index (χ4n) is 0.767. The molecule has 0 heterocycles. The molecular weight excluding hydrogens is 222 g/mol. The van der Waals surface area contributed by atoms with Crippen LogP contribution in [0.5, 0.6) is 0 Å². The Labute approximate surface area is 88.0 Å². The molecule has 0 aliphatic carbocycles. The van der Waals surface area contributed by atoms with Crippen LogP contribution in [0, 0.1) is 0 Å². The molecule has 1 aromatic carbocycles. The van der Waals surface area contributed by atoms with Gasteiger partial charge in [-0.3, -0.25) is 4.55 Å². The van der Waals surface area contributed by atoms with Crippen LogP contribution in [0.25, 0.3) is 0 Å². The van der Waals surface area contributed by atoms with Crippen molar-refractivity contribution >= 4 is 10.1 Å². The quantitative estimate of drug-likeness (QED) is 0.489. The molecule has 1 rings (SSSR count). The van der Waals surface area contributed by atoms with Crippen molar-refractivity contribution < 1.29 is 22.9 Å². The van der Waals surface area contributed by atoms with E-state index >= 15 is 0 Å². The average Bonchev–Trinajstić information content (AvgIpc) is 2.18. The second-order valence-corrected chi connectivity index (χ2v) is 3.93. The van der Waals surface area contributed by atoms with Gasteiger partial charge in [-0.1, -0.05) is 12.1 Å². The molecule has 0 saturated heterocycles. The fraction of sp³-hybridized carbons (Fsp3) is 0.250. The third-order valence-electron chi connectivity index (χ3n) is 1.40. The first kappa shape index (κ1) is 14.0. The normalized spacial score (nSPS) is 10.4. The predicted octanol–water partition coefficient (Wildman–Crippen LogP) is -0.0679. The summed E-state index contributed by atoms with van der Waals surface area (Å²) in [6.07, 6.45) is 0. The van der Waals surface area contributed by atoms with Crippen LogP contribution in [0.4, 0.5) is 0 Å². The molecule has 0 fully saturated rings. The predicted molar refractivity (Wildman–Crippen MR) is 53.4 cm³/mol. The highest BCUT2D eigenvalue weighted by Gasteiger charge is 2.07. The number of aliphatic hydroxyl groups is 1. The molecule has 0 unspecified atom stereocenters. The van der Waals surface area contributed by atoms with E-state index in [1.54, 1.807) is 0 Å². The van der Waals surface area contributed by atoms with E-state index in [1.807, 2.05) is 0 Å². The minimum Gasteiger partial charge on any atom is -0.392 e. The summed E-state index contributed by atoms with van der Waals surface area (Å²) in [6.45, 7) is -0.147. The molecule has 15 heavy (non-hydrogen) atoms. The lowest BCUT2D eigenvalue weighted by molar-refractivity contribution is 0.206. The standard InChI is InChI=1S/C7H8O4S.CH5NO/c8-5-6-1-3-7(4-2-6)12(9,10)11;1-3-2/h1-4,8H,5H2,(H,9,10,11);2H2,1H3. The minimum absolute atomic E-state index is 0.147. The lowest BCUT2D eigenvalue weighted by atomic mass is 10.2. The fourth-order valence-corrected chi connectivity index (χ4v) is 1.25. The second-order valence-electron chi connectivity index (χ2n) is 2.51. The van der Waals surface area contributed by atoms with Crippen LogP contribution in [-0.2, 0) is 21.6 Å². The summed E-state index contributed by atoms with van der Waals surface area (Å²) in [4.78, 5) is 3.58. The lowest BCUT2D eigenvalue weighted by Gasteiger charge is -1.97. The van der Waals surface area contributed by atoms with E-state index in [0.717, 1.165) is 0 Å². The topological polar surface area (TPSA) is 110 Å². The number of rotatable bonds is 2. The Morgan fingerprint density at radius 2 is 1.73 bits per heavy atom. The SMILES string of the molecule is CON.O=S(=O)(O)c1ccc(CO)cc1. The summed E-state index contributed by atoms with van der Waals surface area (Å²) in [5.74, 6) is 4.35. The molecule has 0 radical (unpaired) electrons. The number of hydrogen-bond donors (Lipinski definition) is 3. The molecule has 0 aliphatic rings. The third-order valence-corrected chi connectivity index (χ3v) is 2.27. The molecule has 4 N–H and O–H groups in total. The molecule has 0 saturated carbocycles.